The first-order valence-corrected chi connectivity index (χ1v) is 13.1. The molecule has 0 fully saturated rings. The van der Waals surface area contributed by atoms with Crippen LogP contribution in [0.2, 0.25) is 0 Å². The summed E-state index contributed by atoms with van der Waals surface area (Å²) in [7, 11) is 0. The Morgan fingerprint density at radius 1 is 0.581 bits per heavy atom. The molecule has 0 saturated carbocycles. The van der Waals surface area contributed by atoms with Crippen LogP contribution in [0.3, 0.4) is 0 Å². The van der Waals surface area contributed by atoms with E-state index in [2.05, 4.69) is 84.9 Å². The summed E-state index contributed by atoms with van der Waals surface area (Å²) < 4.78 is 15.4. The number of allylic oxidation sites excluding steroid dienone is 2. The molecule has 2 aromatic carbocycles. The maximum atomic E-state index is 6.14. The zero-order valence-corrected chi connectivity index (χ0v) is 20.0. The number of rotatable bonds is 4. The van der Waals surface area contributed by atoms with Crippen molar-refractivity contribution < 1.29 is 32.1 Å². The quantitative estimate of drug-likeness (QED) is 0.307. The van der Waals surface area contributed by atoms with Crippen molar-refractivity contribution in [3.63, 3.8) is 0 Å². The van der Waals surface area contributed by atoms with Gasteiger partial charge in [0.1, 0.15) is 0 Å². The number of fused-ring (bicyclic) bond motifs is 2. The van der Waals surface area contributed by atoms with E-state index in [1.54, 1.807) is 6.56 Å². The van der Waals surface area contributed by atoms with Crippen LogP contribution in [0.1, 0.15) is 57.1 Å². The van der Waals surface area contributed by atoms with E-state index < -0.39 is 23.2 Å². The van der Waals surface area contributed by atoms with E-state index in [1.807, 2.05) is 13.8 Å². The van der Waals surface area contributed by atoms with Gasteiger partial charge in [0, 0.05) is 0 Å². The molecule has 4 aromatic rings. The number of hydrogen-bond acceptors (Lipinski definition) is 2. The molecule has 0 aliphatic heterocycles. The average Bonchev–Trinajstić information content (AvgIpc) is 3.52. The second-order valence-corrected chi connectivity index (χ2v) is 11.8. The zero-order chi connectivity index (χ0) is 20.9. The first kappa shape index (κ1) is 19.1. The van der Waals surface area contributed by atoms with E-state index in [9.17, 15) is 0 Å². The van der Waals surface area contributed by atoms with Crippen molar-refractivity contribution in [1.82, 2.24) is 0 Å². The van der Waals surface area contributed by atoms with Gasteiger partial charge in [0.15, 0.2) is 0 Å². The van der Waals surface area contributed by atoms with Gasteiger partial charge in [-0.1, -0.05) is 0 Å². The molecule has 31 heavy (non-hydrogen) atoms. The first-order chi connectivity index (χ1) is 15.2. The third-order valence-electron chi connectivity index (χ3n) is 6.24. The Bertz CT molecular complexity index is 1250. The Morgan fingerprint density at radius 2 is 1.03 bits per heavy atom. The van der Waals surface area contributed by atoms with Crippen LogP contribution in [0.4, 0.5) is 0 Å². The Balaban J connectivity index is 1.42. The molecule has 0 N–H and O–H groups in total. The van der Waals surface area contributed by atoms with Crippen molar-refractivity contribution >= 4 is 12.2 Å². The molecule has 2 atom stereocenters. The van der Waals surface area contributed by atoms with Crippen molar-refractivity contribution in [3.05, 3.63) is 125 Å². The molecule has 0 saturated heterocycles. The maximum absolute atomic E-state index is 6.14. The topological polar surface area (TPSA) is 26.3 Å². The van der Waals surface area contributed by atoms with E-state index in [0.717, 1.165) is 23.0 Å². The van der Waals surface area contributed by atoms with E-state index in [-0.39, 0.29) is 11.8 Å². The average molecular weight is 482 g/mol. The van der Waals surface area contributed by atoms with Gasteiger partial charge in [-0.25, -0.2) is 0 Å². The van der Waals surface area contributed by atoms with Gasteiger partial charge in [-0.2, -0.15) is 0 Å². The monoisotopic (exact) mass is 480 g/mol. The van der Waals surface area contributed by atoms with Crippen LogP contribution in [0.25, 0.3) is 12.2 Å². The van der Waals surface area contributed by atoms with Crippen LogP contribution in [0.15, 0.2) is 88.2 Å². The van der Waals surface area contributed by atoms with Gasteiger partial charge >= 0.3 is 195 Å². The van der Waals surface area contributed by atoms with Gasteiger partial charge in [-0.3, -0.25) is 0 Å². The van der Waals surface area contributed by atoms with E-state index >= 15 is 0 Å². The number of furan rings is 2. The first-order valence-electron chi connectivity index (χ1n) is 10.7. The predicted molar refractivity (Wildman–Crippen MR) is 119 cm³/mol. The van der Waals surface area contributed by atoms with Crippen LogP contribution in [-0.2, 0) is 23.2 Å². The van der Waals surface area contributed by atoms with Gasteiger partial charge in [-0.15, -0.1) is 0 Å². The summed E-state index contributed by atoms with van der Waals surface area (Å²) in [4.78, 5) is 0. The molecule has 0 radical (unpaired) electrons. The van der Waals surface area contributed by atoms with Crippen molar-refractivity contribution in [2.75, 3.05) is 0 Å². The third-order valence-corrected chi connectivity index (χ3v) is 9.79. The summed E-state index contributed by atoms with van der Waals surface area (Å²) in [5, 5.41) is 0. The van der Waals surface area contributed by atoms with Gasteiger partial charge in [0.05, 0.1) is 0 Å². The predicted octanol–water partition coefficient (Wildman–Crippen LogP) is 7.24. The van der Waals surface area contributed by atoms with Crippen LogP contribution >= 0.6 is 0 Å². The van der Waals surface area contributed by atoms with E-state index in [1.165, 1.54) is 22.3 Å². The second kappa shape index (κ2) is 7.50. The summed E-state index contributed by atoms with van der Waals surface area (Å²) in [6.07, 6.45) is 4.86. The normalized spacial score (nSPS) is 19.0. The molecule has 2 aliphatic carbocycles. The molecule has 2 unspecified atom stereocenters. The SMILES string of the molecule is Cc1ccc(C2[C]([Zr][C]3=Cc4ccccc4C3c3ccc(C)o3)=Cc3ccccc32)o1. The Labute approximate surface area is 193 Å². The molecule has 2 aromatic heterocycles. The Kier molecular flexibility index (Phi) is 4.61. The summed E-state index contributed by atoms with van der Waals surface area (Å²) >= 11 is -1.09. The fourth-order valence-electron chi connectivity index (χ4n) is 4.86. The minimum absolute atomic E-state index is 0.236. The second-order valence-electron chi connectivity index (χ2n) is 8.35. The molecule has 0 amide bonds. The number of aryl methyl sites for hydroxylation is 2. The summed E-state index contributed by atoms with van der Waals surface area (Å²) in [5.74, 6) is 4.55. The number of benzene rings is 2. The molecule has 2 aliphatic rings. The molecule has 0 bridgehead atoms. The molecular formula is C28H22O2Zr. The minimum atomic E-state index is -1.09. The van der Waals surface area contributed by atoms with E-state index in [0.29, 0.717) is 0 Å². The summed E-state index contributed by atoms with van der Waals surface area (Å²) in [6.45, 7) is 4.05. The number of hydrogen-bond donors (Lipinski definition) is 0. The molecule has 150 valence electrons. The van der Waals surface area contributed by atoms with Crippen molar-refractivity contribution in [1.29, 1.82) is 0 Å². The molecule has 2 heterocycles. The molecule has 0 spiro atoms. The fourth-order valence-corrected chi connectivity index (χ4v) is 8.97. The fraction of sp³-hybridized carbons (Fsp3) is 0.143. The third kappa shape index (κ3) is 3.27. The summed E-state index contributed by atoms with van der Waals surface area (Å²) in [6, 6.07) is 26.0. The molecule has 2 nitrogen and oxygen atoms in total. The van der Waals surface area contributed by atoms with Gasteiger partial charge < -0.3 is 0 Å². The van der Waals surface area contributed by atoms with Crippen molar-refractivity contribution in [3.8, 4) is 0 Å². The van der Waals surface area contributed by atoms with Crippen molar-refractivity contribution in [2.45, 2.75) is 25.7 Å². The van der Waals surface area contributed by atoms with Crippen LogP contribution in [0.5, 0.6) is 0 Å². The van der Waals surface area contributed by atoms with Crippen LogP contribution in [0, 0.1) is 13.8 Å². The van der Waals surface area contributed by atoms with Crippen molar-refractivity contribution in [2.24, 2.45) is 0 Å². The molecule has 3 heteroatoms. The molecular weight excluding hydrogens is 460 g/mol. The van der Waals surface area contributed by atoms with Crippen LogP contribution < -0.4 is 0 Å². The van der Waals surface area contributed by atoms with Crippen LogP contribution in [-0.4, -0.2) is 0 Å². The standard InChI is InChI=1S/2C14H11O.Zr/c2*1-10-6-9-14(15-10)13-8-7-11-4-2-3-5-12(11)13;/h2*2-7,9,13H,1H3;. The van der Waals surface area contributed by atoms with E-state index in [4.69, 9.17) is 8.83 Å². The van der Waals surface area contributed by atoms with Gasteiger partial charge in [-0.05, 0) is 0 Å². The van der Waals surface area contributed by atoms with Gasteiger partial charge in [0.25, 0.3) is 0 Å². The van der Waals surface area contributed by atoms with Gasteiger partial charge in [0.2, 0.25) is 0 Å². The summed E-state index contributed by atoms with van der Waals surface area (Å²) in [5.41, 5.74) is 5.40. The zero-order valence-electron chi connectivity index (χ0n) is 17.6. The Morgan fingerprint density at radius 3 is 1.45 bits per heavy atom. The Hall–Kier alpha value is -2.64. The molecule has 6 rings (SSSR count).